The van der Waals surface area contributed by atoms with Crippen LogP contribution in [0.4, 0.5) is 0 Å². The lowest BCUT2D eigenvalue weighted by Crippen LogP contribution is -2.22. The maximum absolute atomic E-state index is 5.94. The molecule has 0 radical (unpaired) electrons. The molecule has 1 aliphatic heterocycles. The molecule has 1 heterocycles. The van der Waals surface area contributed by atoms with Crippen molar-refractivity contribution in [3.63, 3.8) is 0 Å². The van der Waals surface area contributed by atoms with E-state index in [-0.39, 0.29) is 0 Å². The molecule has 3 rings (SSSR count). The standard InChI is InChI=1S/C18H22N4O/c1-20-10-14-5-7-16(8-6-14)23-17-4-2-3-15(9-17)11-22-12-18(19)21-13-22/h2-9,12,20-21H,10-11,13,19H2,1H3. The third-order valence-electron chi connectivity index (χ3n) is 3.63. The number of hydrogen-bond acceptors (Lipinski definition) is 5. The van der Waals surface area contributed by atoms with Crippen LogP contribution in [0.3, 0.4) is 0 Å². The molecule has 0 aromatic heterocycles. The summed E-state index contributed by atoms with van der Waals surface area (Å²) < 4.78 is 5.94. The highest BCUT2D eigenvalue weighted by Gasteiger charge is 2.09. The Hall–Kier alpha value is -2.66. The number of nitrogens with zero attached hydrogens (tertiary/aromatic N) is 1. The summed E-state index contributed by atoms with van der Waals surface area (Å²) in [6.07, 6.45) is 1.92. The summed E-state index contributed by atoms with van der Waals surface area (Å²) in [4.78, 5) is 2.13. The highest BCUT2D eigenvalue weighted by molar-refractivity contribution is 5.35. The van der Waals surface area contributed by atoms with Crippen molar-refractivity contribution in [2.75, 3.05) is 13.7 Å². The first-order chi connectivity index (χ1) is 11.2. The first-order valence-electron chi connectivity index (χ1n) is 7.68. The second kappa shape index (κ2) is 7.07. The second-order valence-electron chi connectivity index (χ2n) is 5.59. The number of hydrogen-bond donors (Lipinski definition) is 3. The van der Waals surface area contributed by atoms with E-state index in [9.17, 15) is 0 Å². The number of ether oxygens (including phenoxy) is 1. The van der Waals surface area contributed by atoms with Gasteiger partial charge in [-0.2, -0.15) is 0 Å². The van der Waals surface area contributed by atoms with Crippen molar-refractivity contribution >= 4 is 0 Å². The van der Waals surface area contributed by atoms with Crippen LogP contribution in [-0.2, 0) is 13.1 Å². The van der Waals surface area contributed by atoms with Crippen molar-refractivity contribution in [3.8, 4) is 11.5 Å². The molecular weight excluding hydrogens is 288 g/mol. The average Bonchev–Trinajstić information content (AvgIpc) is 2.95. The number of rotatable bonds is 6. The lowest BCUT2D eigenvalue weighted by atomic mass is 10.2. The van der Waals surface area contributed by atoms with E-state index in [0.29, 0.717) is 5.82 Å². The van der Waals surface area contributed by atoms with Gasteiger partial charge in [0, 0.05) is 19.3 Å². The largest absolute Gasteiger partial charge is 0.457 e. The minimum absolute atomic E-state index is 0.707. The topological polar surface area (TPSA) is 62.5 Å². The van der Waals surface area contributed by atoms with E-state index in [1.807, 2.05) is 37.5 Å². The van der Waals surface area contributed by atoms with Gasteiger partial charge in [0.25, 0.3) is 0 Å². The molecule has 0 amide bonds. The van der Waals surface area contributed by atoms with E-state index in [1.165, 1.54) is 11.1 Å². The fourth-order valence-electron chi connectivity index (χ4n) is 2.54. The van der Waals surface area contributed by atoms with E-state index < -0.39 is 0 Å². The highest BCUT2D eigenvalue weighted by atomic mass is 16.5. The molecule has 0 unspecified atom stereocenters. The molecular formula is C18H22N4O. The van der Waals surface area contributed by atoms with E-state index in [1.54, 1.807) is 0 Å². The second-order valence-corrected chi connectivity index (χ2v) is 5.59. The van der Waals surface area contributed by atoms with Crippen LogP contribution < -0.4 is 21.1 Å². The van der Waals surface area contributed by atoms with Gasteiger partial charge in [0.15, 0.2) is 0 Å². The Kier molecular flexibility index (Phi) is 4.68. The Morgan fingerprint density at radius 2 is 1.96 bits per heavy atom. The summed E-state index contributed by atoms with van der Waals surface area (Å²) in [5, 5.41) is 6.22. The summed E-state index contributed by atoms with van der Waals surface area (Å²) in [5.74, 6) is 2.39. The number of nitrogens with one attached hydrogen (secondary N) is 2. The van der Waals surface area contributed by atoms with E-state index in [2.05, 4.69) is 39.8 Å². The van der Waals surface area contributed by atoms with Gasteiger partial charge in [-0.25, -0.2) is 0 Å². The third kappa shape index (κ3) is 4.17. The number of nitrogens with two attached hydrogens (primary N) is 1. The Bertz CT molecular complexity index is 682. The van der Waals surface area contributed by atoms with Crippen LogP contribution in [0.15, 0.2) is 60.6 Å². The first-order valence-corrected chi connectivity index (χ1v) is 7.68. The van der Waals surface area contributed by atoms with Crippen LogP contribution in [0.2, 0.25) is 0 Å². The highest BCUT2D eigenvalue weighted by Crippen LogP contribution is 2.23. The quantitative estimate of drug-likeness (QED) is 0.764. The molecule has 2 aromatic rings. The zero-order valence-corrected chi connectivity index (χ0v) is 13.3. The van der Waals surface area contributed by atoms with Crippen LogP contribution >= 0.6 is 0 Å². The first kappa shape index (κ1) is 15.2. The van der Waals surface area contributed by atoms with E-state index in [4.69, 9.17) is 10.5 Å². The van der Waals surface area contributed by atoms with Crippen molar-refractivity contribution in [3.05, 3.63) is 71.7 Å². The van der Waals surface area contributed by atoms with Gasteiger partial charge in [0.05, 0.1) is 6.67 Å². The number of benzene rings is 2. The van der Waals surface area contributed by atoms with Gasteiger partial charge in [-0.1, -0.05) is 24.3 Å². The molecule has 0 atom stereocenters. The van der Waals surface area contributed by atoms with Crippen molar-refractivity contribution in [2.24, 2.45) is 5.73 Å². The predicted octanol–water partition coefficient (Wildman–Crippen LogP) is 2.32. The zero-order valence-electron chi connectivity index (χ0n) is 13.3. The van der Waals surface area contributed by atoms with Crippen molar-refractivity contribution in [1.82, 2.24) is 15.5 Å². The molecule has 0 fully saturated rings. The smallest absolute Gasteiger partial charge is 0.127 e. The molecule has 120 valence electrons. The van der Waals surface area contributed by atoms with Gasteiger partial charge in [0.2, 0.25) is 0 Å². The fourth-order valence-corrected chi connectivity index (χ4v) is 2.54. The average molecular weight is 310 g/mol. The monoisotopic (exact) mass is 310 g/mol. The van der Waals surface area contributed by atoms with E-state index in [0.717, 1.165) is 31.3 Å². The Morgan fingerprint density at radius 3 is 2.65 bits per heavy atom. The minimum atomic E-state index is 0.707. The van der Waals surface area contributed by atoms with Crippen molar-refractivity contribution in [2.45, 2.75) is 13.1 Å². The van der Waals surface area contributed by atoms with Crippen LogP contribution in [-0.4, -0.2) is 18.6 Å². The molecule has 0 bridgehead atoms. The summed E-state index contributed by atoms with van der Waals surface area (Å²) in [6.45, 7) is 2.39. The molecule has 1 aliphatic rings. The fraction of sp³-hybridized carbons (Fsp3) is 0.222. The normalized spacial score (nSPS) is 13.6. The maximum atomic E-state index is 5.94. The molecule has 5 heteroatoms. The summed E-state index contributed by atoms with van der Waals surface area (Å²) in [5.41, 5.74) is 8.14. The predicted molar refractivity (Wildman–Crippen MR) is 91.5 cm³/mol. The molecule has 0 saturated carbocycles. The SMILES string of the molecule is CNCc1ccc(Oc2cccc(CN3C=C(N)NC3)c2)cc1. The van der Waals surface area contributed by atoms with Gasteiger partial charge in [-0.3, -0.25) is 0 Å². The molecule has 4 N–H and O–H groups in total. The lowest BCUT2D eigenvalue weighted by molar-refractivity contribution is 0.383. The van der Waals surface area contributed by atoms with Gasteiger partial charge >= 0.3 is 0 Å². The minimum Gasteiger partial charge on any atom is -0.457 e. The van der Waals surface area contributed by atoms with Gasteiger partial charge < -0.3 is 26.0 Å². The summed E-state index contributed by atoms with van der Waals surface area (Å²) in [7, 11) is 1.94. The molecule has 0 spiro atoms. The molecule has 23 heavy (non-hydrogen) atoms. The van der Waals surface area contributed by atoms with Crippen LogP contribution in [0.1, 0.15) is 11.1 Å². The van der Waals surface area contributed by atoms with Crippen LogP contribution in [0.25, 0.3) is 0 Å². The lowest BCUT2D eigenvalue weighted by Gasteiger charge is -2.15. The van der Waals surface area contributed by atoms with Crippen molar-refractivity contribution in [1.29, 1.82) is 0 Å². The Labute approximate surface area is 136 Å². The van der Waals surface area contributed by atoms with E-state index >= 15 is 0 Å². The Morgan fingerprint density at radius 1 is 1.13 bits per heavy atom. The Balaban J connectivity index is 1.65. The summed E-state index contributed by atoms with van der Waals surface area (Å²) in [6, 6.07) is 16.3. The van der Waals surface area contributed by atoms with Crippen molar-refractivity contribution < 1.29 is 4.74 Å². The summed E-state index contributed by atoms with van der Waals surface area (Å²) >= 11 is 0. The maximum Gasteiger partial charge on any atom is 0.127 e. The van der Waals surface area contributed by atoms with Crippen LogP contribution in [0.5, 0.6) is 11.5 Å². The zero-order chi connectivity index (χ0) is 16.1. The molecule has 5 nitrogen and oxygen atoms in total. The van der Waals surface area contributed by atoms with Gasteiger partial charge in [0.1, 0.15) is 17.3 Å². The van der Waals surface area contributed by atoms with Gasteiger partial charge in [-0.15, -0.1) is 0 Å². The van der Waals surface area contributed by atoms with Crippen LogP contribution in [0, 0.1) is 0 Å². The third-order valence-corrected chi connectivity index (χ3v) is 3.63. The molecule has 0 aliphatic carbocycles. The molecule has 2 aromatic carbocycles. The molecule has 0 saturated heterocycles. The van der Waals surface area contributed by atoms with Gasteiger partial charge in [-0.05, 0) is 42.4 Å².